The third kappa shape index (κ3) is 6.53. The van der Waals surface area contributed by atoms with E-state index in [1.165, 1.54) is 59.4 Å². The average Bonchev–Trinajstić information content (AvgIpc) is 2.80. The smallest absolute Gasteiger partial charge is 0.118 e. The monoisotopic (exact) mass is 436 g/mol. The highest BCUT2D eigenvalue weighted by molar-refractivity contribution is 7.99. The molecule has 0 spiro atoms. The van der Waals surface area contributed by atoms with Gasteiger partial charge in [-0.1, -0.05) is 50.4 Å². The molecule has 0 bridgehead atoms. The fourth-order valence-electron chi connectivity index (χ4n) is 4.59. The van der Waals surface area contributed by atoms with Crippen molar-refractivity contribution in [2.24, 2.45) is 0 Å². The van der Waals surface area contributed by atoms with E-state index >= 15 is 0 Å². The molecular formula is C27H36N2OS. The summed E-state index contributed by atoms with van der Waals surface area (Å²) in [6, 6.07) is 16.2. The maximum absolute atomic E-state index is 5.27. The molecule has 1 heterocycles. The molecule has 0 aromatic heterocycles. The van der Waals surface area contributed by atoms with Gasteiger partial charge in [-0.25, -0.2) is 0 Å². The molecule has 2 aliphatic rings. The van der Waals surface area contributed by atoms with Crippen LogP contribution in [0.2, 0.25) is 0 Å². The maximum Gasteiger partial charge on any atom is 0.118 e. The number of terminal acetylenes is 1. The van der Waals surface area contributed by atoms with Crippen molar-refractivity contribution in [3.05, 3.63) is 53.6 Å². The lowest BCUT2D eigenvalue weighted by molar-refractivity contribution is -0.0738. The van der Waals surface area contributed by atoms with E-state index in [1.807, 2.05) is 23.9 Å². The lowest BCUT2D eigenvalue weighted by Crippen LogP contribution is -2.58. The Kier molecular flexibility index (Phi) is 9.33. The van der Waals surface area contributed by atoms with Crippen LogP contribution in [0.25, 0.3) is 0 Å². The van der Waals surface area contributed by atoms with Gasteiger partial charge in [-0.05, 0) is 66.8 Å². The van der Waals surface area contributed by atoms with E-state index in [1.54, 1.807) is 7.11 Å². The molecule has 166 valence electrons. The first-order valence-corrected chi connectivity index (χ1v) is 12.3. The van der Waals surface area contributed by atoms with Crippen LogP contribution in [0, 0.1) is 12.8 Å². The average molecular weight is 437 g/mol. The lowest BCUT2D eigenvalue weighted by Gasteiger charge is -2.48. The molecule has 0 N–H and O–H groups in total. The molecule has 0 radical (unpaired) electrons. The number of benzene rings is 2. The van der Waals surface area contributed by atoms with Gasteiger partial charge in [-0.2, -0.15) is 0 Å². The van der Waals surface area contributed by atoms with E-state index in [0.717, 1.165) is 38.1 Å². The Balaban J connectivity index is 0.00000132. The van der Waals surface area contributed by atoms with E-state index in [2.05, 4.69) is 59.9 Å². The maximum atomic E-state index is 5.27. The number of methoxy groups -OCH3 is 1. The van der Waals surface area contributed by atoms with Crippen LogP contribution in [-0.4, -0.2) is 36.3 Å². The molecule has 2 aromatic rings. The first-order chi connectivity index (χ1) is 15.2. The fraction of sp³-hybridized carbons (Fsp3) is 0.481. The van der Waals surface area contributed by atoms with Gasteiger partial charge in [-0.3, -0.25) is 9.80 Å². The van der Waals surface area contributed by atoms with Gasteiger partial charge in [0.15, 0.2) is 0 Å². The van der Waals surface area contributed by atoms with Crippen molar-refractivity contribution in [2.75, 3.05) is 20.4 Å². The Bertz CT molecular complexity index is 821. The number of nitrogens with zero attached hydrogens (tertiary/aromatic N) is 2. The SMILES string of the molecule is C#C.CCCc1cc(Sc2ccc(OC)cc2)ccc1CN1CN(C2CCCCC2)C1. The Hall–Kier alpha value is -1.93. The summed E-state index contributed by atoms with van der Waals surface area (Å²) in [7, 11) is 1.71. The Morgan fingerprint density at radius 2 is 1.61 bits per heavy atom. The molecule has 0 unspecified atom stereocenters. The van der Waals surface area contributed by atoms with Crippen molar-refractivity contribution < 1.29 is 4.74 Å². The van der Waals surface area contributed by atoms with Crippen LogP contribution in [0.15, 0.2) is 52.3 Å². The molecule has 2 fully saturated rings. The summed E-state index contributed by atoms with van der Waals surface area (Å²) in [5, 5.41) is 0. The molecule has 1 aliphatic carbocycles. The van der Waals surface area contributed by atoms with E-state index in [4.69, 9.17) is 4.74 Å². The molecule has 4 rings (SSSR count). The van der Waals surface area contributed by atoms with Gasteiger partial charge in [0.1, 0.15) is 5.75 Å². The van der Waals surface area contributed by atoms with Crippen LogP contribution in [0.5, 0.6) is 5.75 Å². The third-order valence-electron chi connectivity index (χ3n) is 6.24. The zero-order valence-electron chi connectivity index (χ0n) is 19.1. The second kappa shape index (κ2) is 12.2. The zero-order valence-corrected chi connectivity index (χ0v) is 19.9. The predicted octanol–water partition coefficient (Wildman–Crippen LogP) is 6.41. The number of aryl methyl sites for hydroxylation is 1. The highest BCUT2D eigenvalue weighted by atomic mass is 32.2. The number of ether oxygens (including phenoxy) is 1. The van der Waals surface area contributed by atoms with Crippen molar-refractivity contribution in [1.82, 2.24) is 9.80 Å². The molecule has 2 aromatic carbocycles. The number of rotatable bonds is 8. The second-order valence-electron chi connectivity index (χ2n) is 8.45. The van der Waals surface area contributed by atoms with Gasteiger partial charge >= 0.3 is 0 Å². The summed E-state index contributed by atoms with van der Waals surface area (Å²) in [6.07, 6.45) is 17.5. The highest BCUT2D eigenvalue weighted by Crippen LogP contribution is 2.32. The molecule has 1 saturated heterocycles. The van der Waals surface area contributed by atoms with Gasteiger partial charge in [0.05, 0.1) is 20.4 Å². The van der Waals surface area contributed by atoms with Crippen LogP contribution in [0.4, 0.5) is 0 Å². The van der Waals surface area contributed by atoms with Crippen LogP contribution in [0.3, 0.4) is 0 Å². The second-order valence-corrected chi connectivity index (χ2v) is 9.60. The van der Waals surface area contributed by atoms with Crippen LogP contribution in [-0.2, 0) is 13.0 Å². The molecule has 1 saturated carbocycles. The van der Waals surface area contributed by atoms with Gasteiger partial charge < -0.3 is 4.74 Å². The van der Waals surface area contributed by atoms with Crippen molar-refractivity contribution in [1.29, 1.82) is 0 Å². The molecule has 1 aliphatic heterocycles. The van der Waals surface area contributed by atoms with Crippen LogP contribution < -0.4 is 4.74 Å². The first kappa shape index (κ1) is 23.7. The van der Waals surface area contributed by atoms with Gasteiger partial charge in [-0.15, -0.1) is 12.8 Å². The molecule has 31 heavy (non-hydrogen) atoms. The molecule has 0 amide bonds. The third-order valence-corrected chi connectivity index (χ3v) is 7.24. The first-order valence-electron chi connectivity index (χ1n) is 11.5. The van der Waals surface area contributed by atoms with Crippen LogP contribution in [0.1, 0.15) is 56.6 Å². The van der Waals surface area contributed by atoms with Gasteiger partial charge in [0.25, 0.3) is 0 Å². The summed E-state index contributed by atoms with van der Waals surface area (Å²) in [5.74, 6) is 0.910. The minimum Gasteiger partial charge on any atom is -0.497 e. The van der Waals surface area contributed by atoms with Gasteiger partial charge in [0.2, 0.25) is 0 Å². The summed E-state index contributed by atoms with van der Waals surface area (Å²) in [6.45, 7) is 5.67. The fourth-order valence-corrected chi connectivity index (χ4v) is 5.47. The normalized spacial score (nSPS) is 17.4. The van der Waals surface area contributed by atoms with Crippen molar-refractivity contribution in [3.63, 3.8) is 0 Å². The summed E-state index contributed by atoms with van der Waals surface area (Å²) >= 11 is 1.84. The Labute approximate surface area is 193 Å². The topological polar surface area (TPSA) is 15.7 Å². The Morgan fingerprint density at radius 1 is 0.935 bits per heavy atom. The number of hydrogen-bond acceptors (Lipinski definition) is 4. The van der Waals surface area contributed by atoms with E-state index in [9.17, 15) is 0 Å². The summed E-state index contributed by atoms with van der Waals surface area (Å²) in [5.41, 5.74) is 3.02. The van der Waals surface area contributed by atoms with Crippen molar-refractivity contribution >= 4 is 11.8 Å². The summed E-state index contributed by atoms with van der Waals surface area (Å²) < 4.78 is 5.27. The lowest BCUT2D eigenvalue weighted by atomic mass is 9.94. The van der Waals surface area contributed by atoms with Crippen molar-refractivity contribution in [3.8, 4) is 18.6 Å². The number of hydrogen-bond donors (Lipinski definition) is 0. The van der Waals surface area contributed by atoms with Crippen molar-refractivity contribution in [2.45, 2.75) is 74.2 Å². The molecular weight excluding hydrogens is 400 g/mol. The summed E-state index contributed by atoms with van der Waals surface area (Å²) in [4.78, 5) is 7.87. The highest BCUT2D eigenvalue weighted by Gasteiger charge is 2.31. The predicted molar refractivity (Wildman–Crippen MR) is 131 cm³/mol. The minimum atomic E-state index is 0.846. The van der Waals surface area contributed by atoms with E-state index in [-0.39, 0.29) is 0 Å². The minimum absolute atomic E-state index is 0.846. The molecule has 4 heteroatoms. The molecule has 3 nitrogen and oxygen atoms in total. The van der Waals surface area contributed by atoms with E-state index < -0.39 is 0 Å². The van der Waals surface area contributed by atoms with Crippen LogP contribution >= 0.6 is 11.8 Å². The van der Waals surface area contributed by atoms with E-state index in [0.29, 0.717) is 0 Å². The standard InChI is InChI=1S/C25H34N2OS.C2H2/c1-3-7-20-16-25(29-24-14-11-23(28-2)12-15-24)13-10-21(20)17-26-18-27(19-26)22-8-5-4-6-9-22;1-2/h10-16,22H,3-9,17-19H2,1-2H3;1-2H. The quantitative estimate of drug-likeness (QED) is 0.444. The largest absolute Gasteiger partial charge is 0.497 e. The molecule has 0 atom stereocenters. The Morgan fingerprint density at radius 3 is 2.26 bits per heavy atom. The van der Waals surface area contributed by atoms with Gasteiger partial charge in [0, 0.05) is 22.4 Å². The zero-order chi connectivity index (χ0) is 22.1.